The summed E-state index contributed by atoms with van der Waals surface area (Å²) < 4.78 is 120. The zero-order valence-electron chi connectivity index (χ0n) is 21.4. The Morgan fingerprint density at radius 3 is 1.83 bits per heavy atom. The number of fused-ring (bicyclic) bond motifs is 1. The van der Waals surface area contributed by atoms with Crippen molar-refractivity contribution in [2.45, 2.75) is 25.9 Å². The van der Waals surface area contributed by atoms with Crippen LogP contribution in [0.2, 0.25) is 0 Å². The van der Waals surface area contributed by atoms with Crippen molar-refractivity contribution in [2.24, 2.45) is 0 Å². The van der Waals surface area contributed by atoms with Gasteiger partial charge >= 0.3 is 6.11 Å². The van der Waals surface area contributed by atoms with Crippen LogP contribution in [0.15, 0.2) is 78.9 Å². The third-order valence-electron chi connectivity index (χ3n) is 6.66. The summed E-state index contributed by atoms with van der Waals surface area (Å²) >= 11 is 0. The molecular weight excluding hydrogens is 552 g/mol. The van der Waals surface area contributed by atoms with Gasteiger partial charge in [-0.15, -0.1) is 0 Å². The first kappa shape index (κ1) is 28.1. The summed E-state index contributed by atoms with van der Waals surface area (Å²) in [6.45, 7) is 1.98. The number of rotatable bonds is 7. The van der Waals surface area contributed by atoms with Crippen LogP contribution in [0.5, 0.6) is 5.75 Å². The Morgan fingerprint density at radius 2 is 1.22 bits per heavy atom. The highest BCUT2D eigenvalue weighted by Crippen LogP contribution is 2.37. The van der Waals surface area contributed by atoms with Crippen LogP contribution in [-0.4, -0.2) is 0 Å². The van der Waals surface area contributed by atoms with Crippen LogP contribution in [0, 0.1) is 34.9 Å². The second kappa shape index (κ2) is 10.9. The van der Waals surface area contributed by atoms with E-state index in [1.54, 1.807) is 12.1 Å². The Balaban J connectivity index is 1.41. The maximum atomic E-state index is 15.1. The van der Waals surface area contributed by atoms with Crippen molar-refractivity contribution in [3.05, 3.63) is 125 Å². The minimum Gasteiger partial charge on any atom is -0.429 e. The van der Waals surface area contributed by atoms with E-state index in [-0.39, 0.29) is 33.4 Å². The zero-order valence-corrected chi connectivity index (χ0v) is 21.4. The summed E-state index contributed by atoms with van der Waals surface area (Å²) in [6, 6.07) is 15.2. The summed E-state index contributed by atoms with van der Waals surface area (Å²) in [5.41, 5.74) is -0.168. The maximum absolute atomic E-state index is 15.1. The molecule has 0 aromatic heterocycles. The SMILES string of the molecule is CCCc1ccc(C(F)(F)Oc2ccc(-c3ccc(-c4cc(F)c5c(F)c(F)c(F)cc5c4)c(F)c3F)cc2)cc1. The topological polar surface area (TPSA) is 9.23 Å². The smallest absolute Gasteiger partial charge is 0.426 e. The quantitative estimate of drug-likeness (QED) is 0.139. The van der Waals surface area contributed by atoms with E-state index in [0.29, 0.717) is 12.1 Å². The summed E-state index contributed by atoms with van der Waals surface area (Å²) in [5, 5.41) is -1.21. The predicted molar refractivity (Wildman–Crippen MR) is 140 cm³/mol. The van der Waals surface area contributed by atoms with Crippen molar-refractivity contribution in [1.82, 2.24) is 0 Å². The molecule has 0 saturated carbocycles. The van der Waals surface area contributed by atoms with Gasteiger partial charge in [-0.1, -0.05) is 49.7 Å². The monoisotopic (exact) mass is 572 g/mol. The largest absolute Gasteiger partial charge is 0.429 e. The van der Waals surface area contributed by atoms with Gasteiger partial charge < -0.3 is 4.74 Å². The molecule has 0 heterocycles. The lowest BCUT2D eigenvalue weighted by Crippen LogP contribution is -2.21. The molecule has 0 aliphatic rings. The molecule has 0 aliphatic carbocycles. The second-order valence-electron chi connectivity index (χ2n) is 9.42. The van der Waals surface area contributed by atoms with Gasteiger partial charge in [-0.05, 0) is 71.0 Å². The Kier molecular flexibility index (Phi) is 7.46. The normalized spacial score (nSPS) is 11.7. The number of hydrogen-bond donors (Lipinski definition) is 0. The number of benzene rings is 5. The average Bonchev–Trinajstić information content (AvgIpc) is 2.94. The second-order valence-corrected chi connectivity index (χ2v) is 9.42. The van der Waals surface area contributed by atoms with E-state index >= 15 is 8.78 Å². The fourth-order valence-electron chi connectivity index (χ4n) is 4.60. The fraction of sp³-hybridized carbons (Fsp3) is 0.125. The predicted octanol–water partition coefficient (Wildman–Crippen LogP) is 10.1. The highest BCUT2D eigenvalue weighted by molar-refractivity contribution is 5.89. The molecule has 0 radical (unpaired) electrons. The van der Waals surface area contributed by atoms with Crippen LogP contribution in [0.1, 0.15) is 24.5 Å². The van der Waals surface area contributed by atoms with Crippen molar-refractivity contribution in [1.29, 1.82) is 0 Å². The van der Waals surface area contributed by atoms with Gasteiger partial charge in [-0.3, -0.25) is 0 Å². The lowest BCUT2D eigenvalue weighted by Gasteiger charge is -2.19. The highest BCUT2D eigenvalue weighted by atomic mass is 19.3. The third kappa shape index (κ3) is 5.36. The summed E-state index contributed by atoms with van der Waals surface area (Å²) in [6.07, 6.45) is -2.01. The van der Waals surface area contributed by atoms with Gasteiger partial charge in [0.05, 0.1) is 10.9 Å². The summed E-state index contributed by atoms with van der Waals surface area (Å²) in [5.74, 6) is -9.37. The van der Waals surface area contributed by atoms with Crippen molar-refractivity contribution in [3.63, 3.8) is 0 Å². The van der Waals surface area contributed by atoms with Crippen LogP contribution in [0.4, 0.5) is 35.1 Å². The van der Waals surface area contributed by atoms with Crippen molar-refractivity contribution in [3.8, 4) is 28.0 Å². The number of alkyl halides is 2. The molecule has 0 fully saturated rings. The molecule has 0 bridgehead atoms. The van der Waals surface area contributed by atoms with Crippen LogP contribution in [0.25, 0.3) is 33.0 Å². The molecule has 41 heavy (non-hydrogen) atoms. The lowest BCUT2D eigenvalue weighted by atomic mass is 9.96. The summed E-state index contributed by atoms with van der Waals surface area (Å²) in [7, 11) is 0. The van der Waals surface area contributed by atoms with Gasteiger partial charge in [0.2, 0.25) is 0 Å². The highest BCUT2D eigenvalue weighted by Gasteiger charge is 2.34. The van der Waals surface area contributed by atoms with Crippen molar-refractivity contribution in [2.75, 3.05) is 0 Å². The number of halogens is 8. The Bertz CT molecular complexity index is 1750. The Morgan fingerprint density at radius 1 is 0.610 bits per heavy atom. The Hall–Kier alpha value is -4.40. The average molecular weight is 572 g/mol. The number of aryl methyl sites for hydroxylation is 1. The van der Waals surface area contributed by atoms with E-state index in [1.165, 1.54) is 42.5 Å². The molecule has 210 valence electrons. The van der Waals surface area contributed by atoms with E-state index in [0.717, 1.165) is 30.5 Å². The molecule has 0 saturated heterocycles. The molecule has 0 amide bonds. The number of hydrogen-bond acceptors (Lipinski definition) is 1. The van der Waals surface area contributed by atoms with Crippen LogP contribution in [-0.2, 0) is 12.5 Å². The van der Waals surface area contributed by atoms with Crippen molar-refractivity contribution >= 4 is 10.8 Å². The minimum atomic E-state index is -3.64. The zero-order chi connectivity index (χ0) is 29.5. The molecule has 5 rings (SSSR count). The van der Waals surface area contributed by atoms with Gasteiger partial charge in [0.1, 0.15) is 11.6 Å². The summed E-state index contributed by atoms with van der Waals surface area (Å²) in [4.78, 5) is 0. The van der Waals surface area contributed by atoms with Gasteiger partial charge in [0.25, 0.3) is 0 Å². The standard InChI is InChI=1S/C32H20F8O/c1-2-3-17-4-8-21(9-5-17)32(39,40)41-22-10-6-18(7-11-22)23-12-13-24(29(36)28(23)35)19-14-20-16-26(34)30(37)31(38)27(20)25(33)15-19/h4-16H,2-3H2,1H3. The van der Waals surface area contributed by atoms with E-state index in [4.69, 9.17) is 4.74 Å². The van der Waals surface area contributed by atoms with Crippen LogP contribution in [0.3, 0.4) is 0 Å². The molecule has 0 atom stereocenters. The van der Waals surface area contributed by atoms with Crippen LogP contribution >= 0.6 is 0 Å². The molecule has 1 nitrogen and oxygen atoms in total. The van der Waals surface area contributed by atoms with Gasteiger partial charge in [0.15, 0.2) is 29.1 Å². The molecule has 0 spiro atoms. The van der Waals surface area contributed by atoms with Crippen molar-refractivity contribution < 1.29 is 39.9 Å². The molecule has 5 aromatic carbocycles. The van der Waals surface area contributed by atoms with Gasteiger partial charge in [-0.2, -0.15) is 8.78 Å². The van der Waals surface area contributed by atoms with Crippen LogP contribution < -0.4 is 4.74 Å². The Labute approximate surface area is 229 Å². The first-order chi connectivity index (χ1) is 19.5. The molecule has 0 N–H and O–H groups in total. The van der Waals surface area contributed by atoms with Gasteiger partial charge in [-0.25, -0.2) is 26.3 Å². The van der Waals surface area contributed by atoms with E-state index in [2.05, 4.69) is 0 Å². The maximum Gasteiger partial charge on any atom is 0.426 e. The van der Waals surface area contributed by atoms with E-state index in [9.17, 15) is 26.3 Å². The molecule has 0 aliphatic heterocycles. The lowest BCUT2D eigenvalue weighted by molar-refractivity contribution is -0.185. The first-order valence-corrected chi connectivity index (χ1v) is 12.5. The molecule has 5 aromatic rings. The van der Waals surface area contributed by atoms with Gasteiger partial charge in [0, 0.05) is 11.1 Å². The first-order valence-electron chi connectivity index (χ1n) is 12.5. The molecule has 9 heteroatoms. The fourth-order valence-corrected chi connectivity index (χ4v) is 4.60. The molecular formula is C32H20F8O. The van der Waals surface area contributed by atoms with E-state index < -0.39 is 52.0 Å². The third-order valence-corrected chi connectivity index (χ3v) is 6.66. The number of ether oxygens (including phenoxy) is 1. The minimum absolute atomic E-state index is 0.136. The van der Waals surface area contributed by atoms with E-state index in [1.807, 2.05) is 6.92 Å². The molecule has 0 unspecified atom stereocenters.